The molecule has 0 heterocycles. The number of carbonyl (C=O) groups is 1. The smallest absolute Gasteiger partial charge is 0.306 e. The van der Waals surface area contributed by atoms with E-state index in [4.69, 9.17) is 18.5 Å². The van der Waals surface area contributed by atoms with Crippen molar-refractivity contribution in [1.82, 2.24) is 0 Å². The highest BCUT2D eigenvalue weighted by atomic mass is 31.2. The van der Waals surface area contributed by atoms with E-state index < -0.39 is 13.9 Å². The van der Waals surface area contributed by atoms with Crippen LogP contribution in [0.4, 0.5) is 0 Å². The van der Waals surface area contributed by atoms with Crippen LogP contribution < -0.4 is 4.89 Å². The van der Waals surface area contributed by atoms with Crippen molar-refractivity contribution in [1.29, 1.82) is 0 Å². The van der Waals surface area contributed by atoms with Gasteiger partial charge in [0, 0.05) is 13.0 Å². The third-order valence-corrected chi connectivity index (χ3v) is 13.9. The number of allylic oxidation sites excluding steroid dienone is 4. The summed E-state index contributed by atoms with van der Waals surface area (Å²) in [5.41, 5.74) is 0. The van der Waals surface area contributed by atoms with Crippen LogP contribution in [0.25, 0.3) is 0 Å². The lowest BCUT2D eigenvalue weighted by Gasteiger charge is -2.28. The number of hydrogen-bond donors (Lipinski definition) is 0. The van der Waals surface area contributed by atoms with Crippen LogP contribution in [0, 0.1) is 0 Å². The number of rotatable bonds is 55. The van der Waals surface area contributed by atoms with Gasteiger partial charge in [-0.25, -0.2) is 0 Å². The predicted molar refractivity (Wildman–Crippen MR) is 287 cm³/mol. The van der Waals surface area contributed by atoms with Crippen LogP contribution in [-0.4, -0.2) is 70.7 Å². The second-order valence-electron chi connectivity index (χ2n) is 21.0. The number of esters is 1. The number of phosphoric acid groups is 1. The van der Waals surface area contributed by atoms with E-state index in [1.165, 1.54) is 231 Å². The molecule has 0 aliphatic rings. The van der Waals surface area contributed by atoms with E-state index >= 15 is 0 Å². The lowest BCUT2D eigenvalue weighted by Crippen LogP contribution is -2.37. The van der Waals surface area contributed by atoms with E-state index in [1.807, 2.05) is 21.1 Å². The molecule has 0 aromatic rings. The minimum absolute atomic E-state index is 0.0278. The van der Waals surface area contributed by atoms with Gasteiger partial charge in [-0.05, 0) is 64.2 Å². The van der Waals surface area contributed by atoms with Gasteiger partial charge in [-0.3, -0.25) is 9.36 Å². The second kappa shape index (κ2) is 51.3. The van der Waals surface area contributed by atoms with Crippen molar-refractivity contribution >= 4 is 13.8 Å². The molecule has 2 atom stereocenters. The Balaban J connectivity index is 4.04. The average molecular weight is 969 g/mol. The fourth-order valence-electron chi connectivity index (χ4n) is 8.48. The molecule has 0 aliphatic carbocycles. The van der Waals surface area contributed by atoms with Gasteiger partial charge in [-0.1, -0.05) is 237 Å². The zero-order valence-electron chi connectivity index (χ0n) is 45.4. The van der Waals surface area contributed by atoms with Gasteiger partial charge < -0.3 is 27.9 Å². The molecule has 0 saturated carbocycles. The third-order valence-electron chi connectivity index (χ3n) is 13.0. The summed E-state index contributed by atoms with van der Waals surface area (Å²) in [6.07, 6.45) is 62.2. The summed E-state index contributed by atoms with van der Waals surface area (Å²) in [6, 6.07) is 0. The van der Waals surface area contributed by atoms with E-state index in [1.54, 1.807) is 0 Å². The zero-order valence-corrected chi connectivity index (χ0v) is 46.3. The van der Waals surface area contributed by atoms with E-state index in [9.17, 15) is 14.3 Å². The van der Waals surface area contributed by atoms with Crippen LogP contribution in [0.3, 0.4) is 0 Å². The molecule has 0 fully saturated rings. The summed E-state index contributed by atoms with van der Waals surface area (Å²) >= 11 is 0. The first-order valence-corrected chi connectivity index (χ1v) is 30.5. The first kappa shape index (κ1) is 66.0. The highest BCUT2D eigenvalue weighted by molar-refractivity contribution is 7.45. The van der Waals surface area contributed by atoms with Crippen LogP contribution in [0.5, 0.6) is 0 Å². The minimum atomic E-state index is -4.53. The van der Waals surface area contributed by atoms with Crippen molar-refractivity contribution in [3.8, 4) is 0 Å². The number of ether oxygens (including phenoxy) is 2. The molecule has 0 spiro atoms. The lowest BCUT2D eigenvalue weighted by molar-refractivity contribution is -0.870. The molecule has 0 rings (SSSR count). The molecule has 0 bridgehead atoms. The average Bonchev–Trinajstić information content (AvgIpc) is 3.29. The van der Waals surface area contributed by atoms with Gasteiger partial charge in [0.15, 0.2) is 0 Å². The van der Waals surface area contributed by atoms with Gasteiger partial charge in [0.05, 0.1) is 34.4 Å². The van der Waals surface area contributed by atoms with Crippen LogP contribution in [0.1, 0.15) is 284 Å². The van der Waals surface area contributed by atoms with Crippen molar-refractivity contribution in [2.24, 2.45) is 0 Å². The molecular formula is C58H114NO7P. The fraction of sp³-hybridized carbons (Fsp3) is 0.914. The Morgan fingerprint density at radius 3 is 1.13 bits per heavy atom. The second-order valence-corrected chi connectivity index (χ2v) is 22.4. The van der Waals surface area contributed by atoms with E-state index in [-0.39, 0.29) is 25.8 Å². The Labute approximate surface area is 417 Å². The number of likely N-dealkylation sites (N-methyl/N-ethyl adjacent to an activating group) is 1. The zero-order chi connectivity index (χ0) is 49.0. The number of hydrogen-bond acceptors (Lipinski definition) is 7. The first-order valence-electron chi connectivity index (χ1n) is 29.1. The lowest BCUT2D eigenvalue weighted by atomic mass is 10.0. The van der Waals surface area contributed by atoms with Gasteiger partial charge in [0.1, 0.15) is 19.3 Å². The monoisotopic (exact) mass is 968 g/mol. The van der Waals surface area contributed by atoms with Crippen molar-refractivity contribution in [3.63, 3.8) is 0 Å². The van der Waals surface area contributed by atoms with Crippen LogP contribution in [0.15, 0.2) is 24.3 Å². The molecule has 398 valence electrons. The Bertz CT molecular complexity index is 1120. The summed E-state index contributed by atoms with van der Waals surface area (Å²) in [5, 5.41) is 0. The molecule has 9 heteroatoms. The van der Waals surface area contributed by atoms with E-state index in [0.29, 0.717) is 24.1 Å². The number of phosphoric ester groups is 1. The number of unbranched alkanes of at least 4 members (excludes halogenated alkanes) is 37. The Morgan fingerprint density at radius 1 is 0.448 bits per heavy atom. The number of carbonyl (C=O) groups excluding carboxylic acids is 1. The minimum Gasteiger partial charge on any atom is -0.756 e. The molecule has 2 unspecified atom stereocenters. The summed E-state index contributed by atoms with van der Waals surface area (Å²) in [5.74, 6) is -0.331. The topological polar surface area (TPSA) is 94.1 Å². The Hall–Kier alpha value is -1.02. The van der Waals surface area contributed by atoms with Crippen molar-refractivity contribution in [2.45, 2.75) is 290 Å². The molecule has 67 heavy (non-hydrogen) atoms. The molecular weight excluding hydrogens is 854 g/mol. The normalized spacial score (nSPS) is 13.6. The highest BCUT2D eigenvalue weighted by Crippen LogP contribution is 2.38. The molecule has 0 aromatic heterocycles. The number of nitrogens with zero attached hydrogens (tertiary/aromatic N) is 1. The van der Waals surface area contributed by atoms with Crippen molar-refractivity contribution in [2.75, 3.05) is 54.1 Å². The van der Waals surface area contributed by atoms with E-state index in [2.05, 4.69) is 38.2 Å². The predicted octanol–water partition coefficient (Wildman–Crippen LogP) is 17.7. The quantitative estimate of drug-likeness (QED) is 0.0197. The summed E-state index contributed by atoms with van der Waals surface area (Å²) in [4.78, 5) is 25.3. The van der Waals surface area contributed by atoms with Gasteiger partial charge in [0.25, 0.3) is 7.82 Å². The Kier molecular flexibility index (Phi) is 50.6. The number of quaternary nitrogens is 1. The van der Waals surface area contributed by atoms with Crippen molar-refractivity contribution in [3.05, 3.63) is 24.3 Å². The maximum absolute atomic E-state index is 12.8. The summed E-state index contributed by atoms with van der Waals surface area (Å²) in [7, 11) is 1.37. The maximum atomic E-state index is 12.8. The summed E-state index contributed by atoms with van der Waals surface area (Å²) in [6.45, 7) is 5.47. The van der Waals surface area contributed by atoms with Crippen LogP contribution >= 0.6 is 7.82 Å². The van der Waals surface area contributed by atoms with Crippen LogP contribution in [-0.2, 0) is 27.9 Å². The molecule has 0 amide bonds. The van der Waals surface area contributed by atoms with Gasteiger partial charge in [0.2, 0.25) is 0 Å². The molecule has 0 radical (unpaired) electrons. The van der Waals surface area contributed by atoms with Gasteiger partial charge >= 0.3 is 5.97 Å². The first-order chi connectivity index (χ1) is 32.6. The standard InChI is InChI=1S/C58H114NO7P/c1-6-8-10-12-14-16-18-20-22-24-26-28-29-30-32-34-36-38-40-42-44-46-48-50-53-63-55-57(56-65-67(61,62)64-54-52-59(3,4)5)66-58(60)51-49-47-45-43-41-39-37-35-33-31-27-25-23-21-19-17-15-13-11-9-7-2/h24-27,57H,6-23,28-56H2,1-5H3/b26-24-,27-25-. The van der Waals surface area contributed by atoms with Gasteiger partial charge in [-0.15, -0.1) is 0 Å². The molecule has 0 N–H and O–H groups in total. The third kappa shape index (κ3) is 55.8. The maximum Gasteiger partial charge on any atom is 0.306 e. The molecule has 0 aromatic carbocycles. The molecule has 0 aliphatic heterocycles. The fourth-order valence-corrected chi connectivity index (χ4v) is 9.21. The van der Waals surface area contributed by atoms with Gasteiger partial charge in [-0.2, -0.15) is 0 Å². The van der Waals surface area contributed by atoms with Crippen LogP contribution in [0.2, 0.25) is 0 Å². The largest absolute Gasteiger partial charge is 0.756 e. The molecule has 0 saturated heterocycles. The SMILES string of the molecule is CCCCCCCCCC/C=C\CCCCCCCCCCCCCCOCC(COP(=O)([O-])OCC[N+](C)(C)C)OC(=O)CCCCCCCCCCC/C=C\CCCCCCCCCC. The van der Waals surface area contributed by atoms with Crippen molar-refractivity contribution < 1.29 is 37.3 Å². The molecule has 8 nitrogen and oxygen atoms in total. The highest BCUT2D eigenvalue weighted by Gasteiger charge is 2.20. The summed E-state index contributed by atoms with van der Waals surface area (Å²) < 4.78 is 34.9. The van der Waals surface area contributed by atoms with E-state index in [0.717, 1.165) is 32.1 Å². The Morgan fingerprint density at radius 2 is 0.776 bits per heavy atom.